The second-order valence-corrected chi connectivity index (χ2v) is 10.7. The highest BCUT2D eigenvalue weighted by atomic mass is 32.1. The number of hydrogen-bond donors (Lipinski definition) is 3. The standard InChI is InChI=1S/C27H38N4O4S/c1-5-7-25(33)29-21(15-26-30-20-9-8-19(17(3)4)14-23(20)36-26)27(34)31-22(16-28-24(32)6-2)18-10-12-35-13-11-18/h6,8-9,14,17-18,21-22H,2,5,7,10-13,15-16H2,1,3-4H3,(H,28,32)(H,29,33)(H,31,34)/t21-,22+/m0/s1. The fourth-order valence-electron chi connectivity index (χ4n) is 4.33. The first-order valence-electron chi connectivity index (χ1n) is 12.8. The van der Waals surface area contributed by atoms with E-state index in [1.165, 1.54) is 11.6 Å². The largest absolute Gasteiger partial charge is 0.381 e. The Morgan fingerprint density at radius 2 is 1.97 bits per heavy atom. The van der Waals surface area contributed by atoms with Crippen molar-refractivity contribution in [2.75, 3.05) is 19.8 Å². The van der Waals surface area contributed by atoms with Gasteiger partial charge in [-0.05, 0) is 54.9 Å². The molecule has 8 nitrogen and oxygen atoms in total. The van der Waals surface area contributed by atoms with Gasteiger partial charge in [0.15, 0.2) is 0 Å². The van der Waals surface area contributed by atoms with E-state index in [0.717, 1.165) is 28.1 Å². The van der Waals surface area contributed by atoms with Gasteiger partial charge in [0.05, 0.1) is 15.2 Å². The molecule has 9 heteroatoms. The number of thiazole rings is 1. The number of nitrogens with one attached hydrogen (secondary N) is 3. The predicted molar refractivity (Wildman–Crippen MR) is 143 cm³/mol. The number of carbonyl (C=O) groups is 3. The van der Waals surface area contributed by atoms with E-state index >= 15 is 0 Å². The molecule has 1 aromatic carbocycles. The molecule has 0 bridgehead atoms. The van der Waals surface area contributed by atoms with Crippen LogP contribution in [0, 0.1) is 5.92 Å². The molecule has 2 atom stereocenters. The van der Waals surface area contributed by atoms with Crippen molar-refractivity contribution in [2.24, 2.45) is 5.92 Å². The lowest BCUT2D eigenvalue weighted by atomic mass is 9.91. The van der Waals surface area contributed by atoms with E-state index in [-0.39, 0.29) is 36.2 Å². The summed E-state index contributed by atoms with van der Waals surface area (Å²) in [6, 6.07) is 5.21. The van der Waals surface area contributed by atoms with Crippen LogP contribution >= 0.6 is 11.3 Å². The topological polar surface area (TPSA) is 109 Å². The Hall–Kier alpha value is -2.78. The van der Waals surface area contributed by atoms with Crippen LogP contribution in [0.5, 0.6) is 0 Å². The van der Waals surface area contributed by atoms with Crippen molar-refractivity contribution in [3.05, 3.63) is 41.4 Å². The fraction of sp³-hybridized carbons (Fsp3) is 0.556. The number of fused-ring (bicyclic) bond motifs is 1. The van der Waals surface area contributed by atoms with Crippen LogP contribution in [0.1, 0.15) is 62.9 Å². The van der Waals surface area contributed by atoms with Crippen LogP contribution in [0.15, 0.2) is 30.9 Å². The van der Waals surface area contributed by atoms with Gasteiger partial charge in [-0.2, -0.15) is 0 Å². The highest BCUT2D eigenvalue weighted by Gasteiger charge is 2.30. The predicted octanol–water partition coefficient (Wildman–Crippen LogP) is 3.46. The van der Waals surface area contributed by atoms with Crippen LogP contribution in [0.4, 0.5) is 0 Å². The Morgan fingerprint density at radius 1 is 1.22 bits per heavy atom. The zero-order valence-electron chi connectivity index (χ0n) is 21.5. The van der Waals surface area contributed by atoms with Crippen LogP contribution in [0.3, 0.4) is 0 Å². The third kappa shape index (κ3) is 7.86. The molecular formula is C27H38N4O4S. The second-order valence-electron chi connectivity index (χ2n) is 9.58. The van der Waals surface area contributed by atoms with Gasteiger partial charge in [0.25, 0.3) is 0 Å². The van der Waals surface area contributed by atoms with Crippen molar-refractivity contribution in [1.82, 2.24) is 20.9 Å². The summed E-state index contributed by atoms with van der Waals surface area (Å²) in [5, 5.41) is 9.63. The third-order valence-electron chi connectivity index (χ3n) is 6.48. The molecule has 0 spiro atoms. The first-order chi connectivity index (χ1) is 17.3. The highest BCUT2D eigenvalue weighted by molar-refractivity contribution is 7.18. The van der Waals surface area contributed by atoms with Crippen LogP contribution in [-0.4, -0.2) is 54.5 Å². The van der Waals surface area contributed by atoms with Crippen molar-refractivity contribution >= 4 is 39.3 Å². The minimum Gasteiger partial charge on any atom is -0.381 e. The van der Waals surface area contributed by atoms with Crippen LogP contribution in [0.2, 0.25) is 0 Å². The van der Waals surface area contributed by atoms with Gasteiger partial charge in [-0.1, -0.05) is 33.4 Å². The molecule has 2 aromatic rings. The summed E-state index contributed by atoms with van der Waals surface area (Å²) < 4.78 is 6.55. The smallest absolute Gasteiger partial charge is 0.243 e. The molecule has 0 unspecified atom stereocenters. The van der Waals surface area contributed by atoms with Gasteiger partial charge < -0.3 is 20.7 Å². The first kappa shape index (κ1) is 27.8. The number of hydrogen-bond acceptors (Lipinski definition) is 6. The molecule has 36 heavy (non-hydrogen) atoms. The van der Waals surface area contributed by atoms with Gasteiger partial charge >= 0.3 is 0 Å². The van der Waals surface area contributed by atoms with Gasteiger partial charge in [0, 0.05) is 38.6 Å². The van der Waals surface area contributed by atoms with Crippen molar-refractivity contribution < 1.29 is 19.1 Å². The summed E-state index contributed by atoms with van der Waals surface area (Å²) in [5.41, 5.74) is 2.13. The number of nitrogens with zero attached hydrogens (tertiary/aromatic N) is 1. The molecule has 3 amide bonds. The lowest BCUT2D eigenvalue weighted by Gasteiger charge is -2.32. The summed E-state index contributed by atoms with van der Waals surface area (Å²) in [6.45, 7) is 11.3. The molecular weight excluding hydrogens is 476 g/mol. The molecule has 196 valence electrons. The maximum atomic E-state index is 13.5. The van der Waals surface area contributed by atoms with E-state index in [1.807, 2.05) is 13.0 Å². The summed E-state index contributed by atoms with van der Waals surface area (Å²) in [7, 11) is 0. The van der Waals surface area contributed by atoms with E-state index < -0.39 is 6.04 Å². The molecule has 3 rings (SSSR count). The lowest BCUT2D eigenvalue weighted by Crippen LogP contribution is -2.55. The summed E-state index contributed by atoms with van der Waals surface area (Å²) in [6.07, 6.45) is 4.14. The number of aromatic nitrogens is 1. The Morgan fingerprint density at radius 3 is 2.64 bits per heavy atom. The molecule has 1 aliphatic rings. The van der Waals surface area contributed by atoms with E-state index in [1.54, 1.807) is 11.3 Å². The van der Waals surface area contributed by atoms with Crippen molar-refractivity contribution in [1.29, 1.82) is 0 Å². The normalized spacial score (nSPS) is 15.9. The molecule has 1 aliphatic heterocycles. The van der Waals surface area contributed by atoms with Gasteiger partial charge in [-0.25, -0.2) is 4.98 Å². The van der Waals surface area contributed by atoms with Crippen LogP contribution in [-0.2, 0) is 25.5 Å². The van der Waals surface area contributed by atoms with Crippen LogP contribution in [0.25, 0.3) is 10.2 Å². The quantitative estimate of drug-likeness (QED) is 0.376. The van der Waals surface area contributed by atoms with Crippen LogP contribution < -0.4 is 16.0 Å². The Labute approximate surface area is 217 Å². The second kappa shape index (κ2) is 13.5. The molecule has 0 aliphatic carbocycles. The first-order valence-corrected chi connectivity index (χ1v) is 13.6. The minimum atomic E-state index is -0.758. The maximum absolute atomic E-state index is 13.5. The van der Waals surface area contributed by atoms with E-state index in [4.69, 9.17) is 9.72 Å². The summed E-state index contributed by atoms with van der Waals surface area (Å²) in [5.74, 6) is -0.147. The average Bonchev–Trinajstić information content (AvgIpc) is 3.28. The highest BCUT2D eigenvalue weighted by Crippen LogP contribution is 2.27. The maximum Gasteiger partial charge on any atom is 0.243 e. The minimum absolute atomic E-state index is 0.163. The van der Waals surface area contributed by atoms with Crippen molar-refractivity contribution in [2.45, 2.75) is 70.9 Å². The Bertz CT molecular complexity index is 1060. The molecule has 0 saturated carbocycles. The van der Waals surface area contributed by atoms with Crippen molar-refractivity contribution in [3.8, 4) is 0 Å². The molecule has 2 heterocycles. The molecule has 1 saturated heterocycles. The van der Waals surface area contributed by atoms with Gasteiger partial charge in [0.1, 0.15) is 6.04 Å². The molecule has 3 N–H and O–H groups in total. The number of benzene rings is 1. The monoisotopic (exact) mass is 514 g/mol. The van der Waals surface area contributed by atoms with E-state index in [2.05, 4.69) is 48.5 Å². The molecule has 1 fully saturated rings. The molecule has 0 radical (unpaired) electrons. The Kier molecular flexibility index (Phi) is 10.4. The lowest BCUT2D eigenvalue weighted by molar-refractivity contribution is -0.130. The Balaban J connectivity index is 1.79. The SMILES string of the molecule is C=CC(=O)NC[C@@H](NC(=O)[C@H](Cc1nc2ccc(C(C)C)cc2s1)NC(=O)CCC)C1CCOCC1. The summed E-state index contributed by atoms with van der Waals surface area (Å²) in [4.78, 5) is 42.5. The fourth-order valence-corrected chi connectivity index (χ4v) is 5.39. The average molecular weight is 515 g/mol. The number of rotatable bonds is 12. The van der Waals surface area contributed by atoms with Crippen molar-refractivity contribution in [3.63, 3.8) is 0 Å². The number of ether oxygens (including phenoxy) is 1. The number of carbonyl (C=O) groups excluding carboxylic acids is 3. The zero-order valence-corrected chi connectivity index (χ0v) is 22.3. The van der Waals surface area contributed by atoms with Gasteiger partial charge in [-0.15, -0.1) is 11.3 Å². The summed E-state index contributed by atoms with van der Waals surface area (Å²) >= 11 is 1.55. The number of amides is 3. The molecule has 1 aromatic heterocycles. The zero-order chi connectivity index (χ0) is 26.1. The van der Waals surface area contributed by atoms with Gasteiger partial charge in [0.2, 0.25) is 17.7 Å². The van der Waals surface area contributed by atoms with Gasteiger partial charge in [-0.3, -0.25) is 14.4 Å². The third-order valence-corrected chi connectivity index (χ3v) is 7.52. The van der Waals surface area contributed by atoms with E-state index in [9.17, 15) is 14.4 Å². The van der Waals surface area contributed by atoms with E-state index in [0.29, 0.717) is 38.4 Å².